The summed E-state index contributed by atoms with van der Waals surface area (Å²) in [6.45, 7) is 0.825. The van der Waals surface area contributed by atoms with Gasteiger partial charge in [-0.1, -0.05) is 0 Å². The molecule has 3 rings (SSSR count). The maximum atomic E-state index is 12.1. The summed E-state index contributed by atoms with van der Waals surface area (Å²) in [4.78, 5) is 43.5. The Morgan fingerprint density at radius 2 is 2.32 bits per heavy atom. The zero-order valence-corrected chi connectivity index (χ0v) is 13.4. The summed E-state index contributed by atoms with van der Waals surface area (Å²) >= 11 is 0. The van der Waals surface area contributed by atoms with E-state index in [4.69, 9.17) is 9.62 Å². The number of imidazole rings is 1. The topological polar surface area (TPSA) is 161 Å². The number of carbonyl (C=O) groups excluding carboxylic acids is 1. The largest absolute Gasteiger partial charge is 0.394 e. The summed E-state index contributed by atoms with van der Waals surface area (Å²) in [6, 6.07) is 0. The maximum Gasteiger partial charge on any atom is 0.280 e. The molecule has 12 heteroatoms. The van der Waals surface area contributed by atoms with Crippen LogP contribution in [0, 0.1) is 0 Å². The third-order valence-electron chi connectivity index (χ3n) is 3.70. The van der Waals surface area contributed by atoms with Gasteiger partial charge in [-0.15, -0.1) is 0 Å². The lowest BCUT2D eigenvalue weighted by atomic mass is 10.1. The predicted octanol–water partition coefficient (Wildman–Crippen LogP) is -1.72. The molecule has 2 aromatic heterocycles. The van der Waals surface area contributed by atoms with Gasteiger partial charge in [0.2, 0.25) is 11.9 Å². The third kappa shape index (κ3) is 3.12. The van der Waals surface area contributed by atoms with Crippen LogP contribution in [0.15, 0.2) is 11.1 Å². The van der Waals surface area contributed by atoms with Gasteiger partial charge in [0.15, 0.2) is 23.5 Å². The number of aliphatic hydroxyl groups excluding tert-OH is 2. The molecular weight excluding hydrogens is 338 g/mol. The number of rotatable bonds is 5. The summed E-state index contributed by atoms with van der Waals surface area (Å²) in [5.74, 6) is -0.477. The quantitative estimate of drug-likeness (QED) is 0.361. The Bertz CT molecular complexity index is 834. The molecule has 1 saturated heterocycles. The number of nitrogens with zero attached hydrogens (tertiary/aromatic N) is 3. The summed E-state index contributed by atoms with van der Waals surface area (Å²) in [7, 11) is 1.26. The number of H-pyrrole nitrogens is 1. The molecule has 3 heterocycles. The van der Waals surface area contributed by atoms with E-state index in [1.54, 1.807) is 0 Å². The minimum Gasteiger partial charge on any atom is -0.394 e. The van der Waals surface area contributed by atoms with Crippen molar-refractivity contribution in [1.29, 1.82) is 0 Å². The van der Waals surface area contributed by atoms with Gasteiger partial charge in [0.25, 0.3) is 5.56 Å². The fourth-order valence-corrected chi connectivity index (χ4v) is 2.65. The van der Waals surface area contributed by atoms with E-state index >= 15 is 0 Å². The van der Waals surface area contributed by atoms with Crippen molar-refractivity contribution in [2.45, 2.75) is 31.5 Å². The minimum absolute atomic E-state index is 0.0100. The average Bonchev–Trinajstić information content (AvgIpc) is 3.09. The number of hydrogen-bond donors (Lipinski definition) is 4. The first-order valence-electron chi connectivity index (χ1n) is 7.34. The van der Waals surface area contributed by atoms with Crippen molar-refractivity contribution < 1.29 is 29.5 Å². The molecule has 0 spiro atoms. The lowest BCUT2D eigenvalue weighted by Crippen LogP contribution is -2.35. The van der Waals surface area contributed by atoms with E-state index in [0.717, 1.165) is 0 Å². The standard InChI is InChI=1S/C13H17N5O7/c1-5(20)15-13-16-10-7(11(22)17-13)14-4-18(10)12-9(25-23-2)8(21)6(3-19)24-12/h4,6,8-9,12,19,21H,3H2,1-2H3,(H2,15,16,17,20,22)/t6-,8-,9-,12-/m1/s1. The number of carbonyl (C=O) groups is 1. The molecule has 1 amide bonds. The number of fused-ring (bicyclic) bond motifs is 1. The van der Waals surface area contributed by atoms with E-state index in [2.05, 4.69) is 25.2 Å². The van der Waals surface area contributed by atoms with E-state index in [1.807, 2.05) is 0 Å². The molecule has 0 saturated carbocycles. The van der Waals surface area contributed by atoms with Crippen LogP contribution in [0.2, 0.25) is 0 Å². The Balaban J connectivity index is 2.06. The molecular formula is C13H17N5O7. The van der Waals surface area contributed by atoms with Gasteiger partial charge < -0.3 is 14.9 Å². The number of ether oxygens (including phenoxy) is 1. The highest BCUT2D eigenvalue weighted by Gasteiger charge is 2.46. The van der Waals surface area contributed by atoms with Gasteiger partial charge in [0, 0.05) is 6.92 Å². The Labute approximate surface area is 140 Å². The van der Waals surface area contributed by atoms with E-state index in [0.29, 0.717) is 0 Å². The molecule has 2 aromatic rings. The summed E-state index contributed by atoms with van der Waals surface area (Å²) < 4.78 is 6.94. The van der Waals surface area contributed by atoms with E-state index in [1.165, 1.54) is 24.9 Å². The summed E-state index contributed by atoms with van der Waals surface area (Å²) in [6.07, 6.45) is -2.77. The van der Waals surface area contributed by atoms with Crippen LogP contribution in [0.25, 0.3) is 11.2 Å². The molecule has 1 aliphatic rings. The lowest BCUT2D eigenvalue weighted by molar-refractivity contribution is -0.327. The van der Waals surface area contributed by atoms with Crippen molar-refractivity contribution in [2.75, 3.05) is 19.0 Å². The molecule has 136 valence electrons. The van der Waals surface area contributed by atoms with Gasteiger partial charge in [-0.2, -0.15) is 4.98 Å². The lowest BCUT2D eigenvalue weighted by Gasteiger charge is -2.19. The first-order chi connectivity index (χ1) is 12.0. The summed E-state index contributed by atoms with van der Waals surface area (Å²) in [5.41, 5.74) is -0.447. The van der Waals surface area contributed by atoms with Gasteiger partial charge >= 0.3 is 0 Å². The number of hydrogen-bond acceptors (Lipinski definition) is 9. The maximum absolute atomic E-state index is 12.1. The van der Waals surface area contributed by atoms with E-state index in [9.17, 15) is 19.8 Å². The molecule has 0 aliphatic carbocycles. The Hall–Kier alpha value is -2.38. The zero-order chi connectivity index (χ0) is 18.1. The van der Waals surface area contributed by atoms with Crippen molar-refractivity contribution in [2.24, 2.45) is 0 Å². The molecule has 1 aliphatic heterocycles. The van der Waals surface area contributed by atoms with Crippen LogP contribution in [0.3, 0.4) is 0 Å². The Morgan fingerprint density at radius 3 is 2.96 bits per heavy atom. The third-order valence-corrected chi connectivity index (χ3v) is 3.70. The summed E-state index contributed by atoms with van der Waals surface area (Å²) in [5, 5.41) is 21.9. The van der Waals surface area contributed by atoms with Crippen LogP contribution in [0.1, 0.15) is 13.2 Å². The number of aliphatic hydroxyl groups is 2. The molecule has 0 radical (unpaired) electrons. The molecule has 4 atom stereocenters. The number of amides is 1. The number of nitrogens with one attached hydrogen (secondary N) is 2. The fraction of sp³-hybridized carbons (Fsp3) is 0.538. The first kappa shape index (κ1) is 17.4. The Kier molecular flexibility index (Phi) is 4.78. The first-order valence-corrected chi connectivity index (χ1v) is 7.34. The predicted molar refractivity (Wildman–Crippen MR) is 81.3 cm³/mol. The molecule has 1 fully saturated rings. The second kappa shape index (κ2) is 6.85. The second-order valence-electron chi connectivity index (χ2n) is 5.39. The molecule has 25 heavy (non-hydrogen) atoms. The highest BCUT2D eigenvalue weighted by atomic mass is 17.2. The molecule has 0 unspecified atom stereocenters. The van der Waals surface area contributed by atoms with E-state index < -0.39 is 42.6 Å². The van der Waals surface area contributed by atoms with Crippen molar-refractivity contribution in [1.82, 2.24) is 19.5 Å². The fourth-order valence-electron chi connectivity index (χ4n) is 2.65. The van der Waals surface area contributed by atoms with Gasteiger partial charge in [-0.25, -0.2) is 14.8 Å². The van der Waals surface area contributed by atoms with Gasteiger partial charge in [0.05, 0.1) is 20.0 Å². The van der Waals surface area contributed by atoms with Crippen molar-refractivity contribution in [3.05, 3.63) is 16.7 Å². The molecule has 4 N–H and O–H groups in total. The number of aromatic amines is 1. The van der Waals surface area contributed by atoms with Crippen LogP contribution in [0.5, 0.6) is 0 Å². The SMILES string of the molecule is COO[C@@H]1[C@H](O)[C@@H](CO)O[C@H]1n1cnc2c(=O)[nH]c(NC(C)=O)nc21. The normalized spacial score (nSPS) is 26.2. The molecule has 0 aromatic carbocycles. The van der Waals surface area contributed by atoms with Crippen LogP contribution in [0.4, 0.5) is 5.95 Å². The highest BCUT2D eigenvalue weighted by Crippen LogP contribution is 2.33. The van der Waals surface area contributed by atoms with Crippen molar-refractivity contribution in [3.8, 4) is 0 Å². The number of aromatic nitrogens is 4. The van der Waals surface area contributed by atoms with Crippen LogP contribution < -0.4 is 10.9 Å². The number of anilines is 1. The van der Waals surface area contributed by atoms with Gasteiger partial charge in [-0.05, 0) is 0 Å². The minimum atomic E-state index is -1.18. The van der Waals surface area contributed by atoms with Crippen molar-refractivity contribution >= 4 is 23.0 Å². The Morgan fingerprint density at radius 1 is 1.56 bits per heavy atom. The highest BCUT2D eigenvalue weighted by molar-refractivity contribution is 5.87. The van der Waals surface area contributed by atoms with E-state index in [-0.39, 0.29) is 17.1 Å². The zero-order valence-electron chi connectivity index (χ0n) is 13.4. The van der Waals surface area contributed by atoms with Crippen molar-refractivity contribution in [3.63, 3.8) is 0 Å². The van der Waals surface area contributed by atoms with Crippen LogP contribution in [-0.2, 0) is 19.3 Å². The van der Waals surface area contributed by atoms with Gasteiger partial charge in [-0.3, -0.25) is 24.5 Å². The van der Waals surface area contributed by atoms with Gasteiger partial charge in [0.1, 0.15) is 12.2 Å². The molecule has 12 nitrogen and oxygen atoms in total. The van der Waals surface area contributed by atoms with Crippen LogP contribution in [-0.4, -0.2) is 67.7 Å². The average molecular weight is 355 g/mol. The monoisotopic (exact) mass is 355 g/mol. The second-order valence-corrected chi connectivity index (χ2v) is 5.39. The smallest absolute Gasteiger partial charge is 0.280 e. The van der Waals surface area contributed by atoms with Crippen LogP contribution >= 0.6 is 0 Å². The molecule has 0 bridgehead atoms.